The molecule has 220 valence electrons. The number of nitrogens with one attached hydrogen (secondary N) is 2. The molecule has 4 aromatic rings. The van der Waals surface area contributed by atoms with E-state index >= 15 is 0 Å². The Morgan fingerprint density at radius 1 is 0.929 bits per heavy atom. The van der Waals surface area contributed by atoms with Crippen LogP contribution in [0.15, 0.2) is 71.8 Å². The van der Waals surface area contributed by atoms with Crippen LogP contribution < -0.4 is 16.6 Å². The number of nitrogens with zero attached hydrogens (tertiary/aromatic N) is 3. The fraction of sp³-hybridized carbons (Fsp3) is 0.286. The predicted molar refractivity (Wildman–Crippen MR) is 148 cm³/mol. The van der Waals surface area contributed by atoms with Crippen molar-refractivity contribution in [3.8, 4) is 0 Å². The zero-order chi connectivity index (χ0) is 29.7. The summed E-state index contributed by atoms with van der Waals surface area (Å²) in [4.78, 5) is 59.7. The van der Waals surface area contributed by atoms with E-state index in [-0.39, 0.29) is 63.1 Å². The molecule has 0 fully saturated rings. The number of amides is 1. The maximum Gasteiger partial charge on any atom is 0.408 e. The number of imidazole rings is 1. The van der Waals surface area contributed by atoms with Crippen LogP contribution >= 0.6 is 0 Å². The van der Waals surface area contributed by atoms with E-state index < -0.39 is 29.6 Å². The van der Waals surface area contributed by atoms with Crippen molar-refractivity contribution in [1.82, 2.24) is 24.8 Å². The van der Waals surface area contributed by atoms with Crippen LogP contribution in [0, 0.1) is 0 Å². The fourth-order valence-electron chi connectivity index (χ4n) is 3.76. The second-order valence-corrected chi connectivity index (χ2v) is 8.99. The number of nitrogens with two attached hydrogens (primary N) is 1. The van der Waals surface area contributed by atoms with Gasteiger partial charge in [-0.1, -0.05) is 60.7 Å². The fourth-order valence-corrected chi connectivity index (χ4v) is 3.76. The van der Waals surface area contributed by atoms with E-state index in [4.69, 9.17) is 24.7 Å². The van der Waals surface area contributed by atoms with Crippen molar-refractivity contribution in [2.75, 3.05) is 18.9 Å². The highest BCUT2D eigenvalue weighted by Gasteiger charge is 2.24. The molecule has 1 unspecified atom stereocenters. The van der Waals surface area contributed by atoms with Crippen molar-refractivity contribution in [1.29, 1.82) is 0 Å². The molecule has 1 atom stereocenters. The molecule has 42 heavy (non-hydrogen) atoms. The van der Waals surface area contributed by atoms with Gasteiger partial charge in [-0.2, -0.15) is 4.98 Å². The van der Waals surface area contributed by atoms with Crippen LogP contribution in [0.2, 0.25) is 0 Å². The molecule has 0 spiro atoms. The number of aromatic nitrogens is 4. The van der Waals surface area contributed by atoms with E-state index in [1.54, 1.807) is 24.3 Å². The number of hydrogen-bond donors (Lipinski definition) is 3. The standard InChI is InChI=1S/C28H30N6O8/c29-27-32-24-23(25(36)33-27)30-17-34(24)18-39-13-14-40-22(35)12-11-21(26(37)41-15-19-7-3-1-4-8-19)31-28(38)42-16-20-9-5-2-6-10-20/h1-10,17,21H,11-16,18H2,(H,31,38)(H3,29,32,33,36). The highest BCUT2D eigenvalue weighted by molar-refractivity contribution is 5.82. The largest absolute Gasteiger partial charge is 0.463 e. The average molecular weight is 579 g/mol. The van der Waals surface area contributed by atoms with Gasteiger partial charge in [0, 0.05) is 6.42 Å². The van der Waals surface area contributed by atoms with Gasteiger partial charge in [-0.25, -0.2) is 14.6 Å². The Morgan fingerprint density at radius 3 is 2.29 bits per heavy atom. The first kappa shape index (κ1) is 29.7. The first-order valence-electron chi connectivity index (χ1n) is 13.0. The van der Waals surface area contributed by atoms with Gasteiger partial charge in [0.25, 0.3) is 5.56 Å². The lowest BCUT2D eigenvalue weighted by molar-refractivity contribution is -0.149. The normalized spacial score (nSPS) is 11.5. The summed E-state index contributed by atoms with van der Waals surface area (Å²) in [5, 5.41) is 2.48. The molecule has 1 amide bonds. The van der Waals surface area contributed by atoms with Gasteiger partial charge < -0.3 is 30.0 Å². The van der Waals surface area contributed by atoms with Gasteiger partial charge >= 0.3 is 18.0 Å². The highest BCUT2D eigenvalue weighted by atomic mass is 16.6. The number of alkyl carbamates (subject to hydrolysis) is 1. The third-order valence-electron chi connectivity index (χ3n) is 5.86. The summed E-state index contributed by atoms with van der Waals surface area (Å²) in [6, 6.07) is 17.0. The number of ether oxygens (including phenoxy) is 4. The van der Waals surface area contributed by atoms with Crippen LogP contribution in [0.25, 0.3) is 11.2 Å². The molecule has 0 radical (unpaired) electrons. The number of esters is 2. The number of rotatable bonds is 14. The average Bonchev–Trinajstić information content (AvgIpc) is 3.40. The third-order valence-corrected chi connectivity index (χ3v) is 5.86. The number of aromatic amines is 1. The lowest BCUT2D eigenvalue weighted by atomic mass is 10.1. The first-order chi connectivity index (χ1) is 20.4. The molecule has 14 heteroatoms. The predicted octanol–water partition coefficient (Wildman–Crippen LogP) is 2.04. The summed E-state index contributed by atoms with van der Waals surface area (Å²) in [5.74, 6) is -1.37. The number of hydrogen-bond acceptors (Lipinski definition) is 11. The van der Waals surface area contributed by atoms with Crippen molar-refractivity contribution >= 4 is 35.1 Å². The quantitative estimate of drug-likeness (QED) is 0.113. The minimum absolute atomic E-state index is 0.00139. The van der Waals surface area contributed by atoms with E-state index in [9.17, 15) is 19.2 Å². The number of fused-ring (bicyclic) bond motifs is 1. The molecule has 2 heterocycles. The molecule has 2 aromatic heterocycles. The van der Waals surface area contributed by atoms with Crippen LogP contribution in [-0.4, -0.2) is 56.8 Å². The lowest BCUT2D eigenvalue weighted by Gasteiger charge is -2.17. The Morgan fingerprint density at radius 2 is 1.60 bits per heavy atom. The highest BCUT2D eigenvalue weighted by Crippen LogP contribution is 2.09. The topological polar surface area (TPSA) is 190 Å². The summed E-state index contributed by atoms with van der Waals surface area (Å²) in [6.07, 6.45) is 0.304. The van der Waals surface area contributed by atoms with Gasteiger partial charge in [-0.05, 0) is 17.5 Å². The molecule has 0 saturated heterocycles. The summed E-state index contributed by atoms with van der Waals surface area (Å²) in [6.45, 7) is -0.0288. The van der Waals surface area contributed by atoms with E-state index in [2.05, 4.69) is 20.3 Å². The number of carbonyl (C=O) groups excluding carboxylic acids is 3. The third kappa shape index (κ3) is 8.89. The smallest absolute Gasteiger partial charge is 0.408 e. The van der Waals surface area contributed by atoms with E-state index in [1.165, 1.54) is 10.9 Å². The Labute approximate surface area is 239 Å². The summed E-state index contributed by atoms with van der Waals surface area (Å²) >= 11 is 0. The molecular weight excluding hydrogens is 548 g/mol. The lowest BCUT2D eigenvalue weighted by Crippen LogP contribution is -2.42. The Kier molecular flexibility index (Phi) is 10.6. The second kappa shape index (κ2) is 14.9. The van der Waals surface area contributed by atoms with Crippen LogP contribution in [0.5, 0.6) is 0 Å². The van der Waals surface area contributed by atoms with Gasteiger partial charge in [0.05, 0.1) is 12.9 Å². The number of anilines is 1. The summed E-state index contributed by atoms with van der Waals surface area (Å²) in [5.41, 5.74) is 7.03. The SMILES string of the molecule is Nc1nc2c(ncn2COCCOC(=O)CCC(NC(=O)OCc2ccccc2)C(=O)OCc2ccccc2)c(=O)[nH]1. The second-order valence-electron chi connectivity index (χ2n) is 8.99. The Hall–Kier alpha value is -5.24. The van der Waals surface area contributed by atoms with E-state index in [0.717, 1.165) is 11.1 Å². The number of H-pyrrole nitrogens is 1. The van der Waals surface area contributed by atoms with Crippen molar-refractivity contribution in [2.45, 2.75) is 38.8 Å². The van der Waals surface area contributed by atoms with Crippen molar-refractivity contribution in [3.05, 3.63) is 88.5 Å². The van der Waals surface area contributed by atoms with E-state index in [0.29, 0.717) is 0 Å². The minimum atomic E-state index is -1.14. The molecule has 0 saturated carbocycles. The molecule has 0 bridgehead atoms. The molecule has 0 aliphatic heterocycles. The maximum absolute atomic E-state index is 12.8. The van der Waals surface area contributed by atoms with E-state index in [1.807, 2.05) is 36.4 Å². The van der Waals surface area contributed by atoms with Crippen molar-refractivity contribution in [2.24, 2.45) is 0 Å². The van der Waals surface area contributed by atoms with Gasteiger partial charge in [-0.15, -0.1) is 0 Å². The van der Waals surface area contributed by atoms with Gasteiger partial charge in [0.2, 0.25) is 5.95 Å². The Bertz CT molecular complexity index is 1540. The minimum Gasteiger partial charge on any atom is -0.463 e. The molecule has 14 nitrogen and oxygen atoms in total. The van der Waals surface area contributed by atoms with Crippen LogP contribution in [0.4, 0.5) is 10.7 Å². The zero-order valence-electron chi connectivity index (χ0n) is 22.6. The maximum atomic E-state index is 12.8. The van der Waals surface area contributed by atoms with Crippen molar-refractivity contribution in [3.63, 3.8) is 0 Å². The first-order valence-corrected chi connectivity index (χ1v) is 13.0. The molecule has 2 aromatic carbocycles. The van der Waals surface area contributed by atoms with Gasteiger partial charge in [0.1, 0.15) is 32.6 Å². The number of benzene rings is 2. The summed E-state index contributed by atoms with van der Waals surface area (Å²) < 4.78 is 22.7. The Balaban J connectivity index is 1.22. The van der Waals surface area contributed by atoms with Crippen LogP contribution in [-0.2, 0) is 48.5 Å². The molecule has 0 aliphatic carbocycles. The monoisotopic (exact) mass is 578 g/mol. The number of carbonyl (C=O) groups is 3. The van der Waals surface area contributed by atoms with Crippen molar-refractivity contribution < 1.29 is 33.3 Å². The number of nitrogen functional groups attached to an aromatic ring is 1. The van der Waals surface area contributed by atoms with Crippen LogP contribution in [0.3, 0.4) is 0 Å². The zero-order valence-corrected chi connectivity index (χ0v) is 22.6. The summed E-state index contributed by atoms with van der Waals surface area (Å²) in [7, 11) is 0. The van der Waals surface area contributed by atoms with Gasteiger partial charge in [0.15, 0.2) is 11.2 Å². The van der Waals surface area contributed by atoms with Crippen LogP contribution in [0.1, 0.15) is 24.0 Å². The molecule has 4 N–H and O–H groups in total. The van der Waals surface area contributed by atoms with Gasteiger partial charge in [-0.3, -0.25) is 19.1 Å². The molecule has 0 aliphatic rings. The molecule has 4 rings (SSSR count). The molecular formula is C28H30N6O8.